The molecule has 0 radical (unpaired) electrons. The van der Waals surface area contributed by atoms with Gasteiger partial charge in [0.05, 0.1) is 10.5 Å². The molecule has 2 aromatic rings. The SMILES string of the molecule is Cc1ccc(NS(=O)(=O)c2cccc(C(=O)O[C@H](C)C(=O)N(C)C)c2)cc1. The lowest BCUT2D eigenvalue weighted by Gasteiger charge is -2.17. The maximum atomic E-state index is 12.6. The van der Waals surface area contributed by atoms with E-state index in [1.54, 1.807) is 38.4 Å². The highest BCUT2D eigenvalue weighted by Crippen LogP contribution is 2.18. The second-order valence-corrected chi connectivity index (χ2v) is 7.96. The summed E-state index contributed by atoms with van der Waals surface area (Å²) in [6.07, 6.45) is -0.974. The van der Waals surface area contributed by atoms with E-state index in [1.165, 1.54) is 36.1 Å². The number of amides is 1. The summed E-state index contributed by atoms with van der Waals surface area (Å²) >= 11 is 0. The number of hydrogen-bond donors (Lipinski definition) is 1. The molecule has 0 saturated heterocycles. The zero-order valence-electron chi connectivity index (χ0n) is 15.6. The van der Waals surface area contributed by atoms with Crippen LogP contribution in [0.25, 0.3) is 0 Å². The molecule has 0 aliphatic heterocycles. The Kier molecular flexibility index (Phi) is 6.22. The van der Waals surface area contributed by atoms with Crippen LogP contribution in [0.2, 0.25) is 0 Å². The Labute approximate surface area is 159 Å². The Morgan fingerprint density at radius 2 is 1.70 bits per heavy atom. The largest absolute Gasteiger partial charge is 0.449 e. The lowest BCUT2D eigenvalue weighted by molar-refractivity contribution is -0.137. The van der Waals surface area contributed by atoms with Gasteiger partial charge in [0.25, 0.3) is 15.9 Å². The van der Waals surface area contributed by atoms with Crippen molar-refractivity contribution in [3.8, 4) is 0 Å². The van der Waals surface area contributed by atoms with Gasteiger partial charge in [0.2, 0.25) is 0 Å². The summed E-state index contributed by atoms with van der Waals surface area (Å²) in [6.45, 7) is 3.36. The van der Waals surface area contributed by atoms with Crippen molar-refractivity contribution in [1.29, 1.82) is 0 Å². The molecule has 0 fully saturated rings. The normalized spacial score (nSPS) is 12.1. The van der Waals surface area contributed by atoms with Crippen molar-refractivity contribution < 1.29 is 22.7 Å². The summed E-state index contributed by atoms with van der Waals surface area (Å²) in [4.78, 5) is 25.3. The molecular weight excluding hydrogens is 368 g/mol. The van der Waals surface area contributed by atoms with Gasteiger partial charge in [-0.15, -0.1) is 0 Å². The van der Waals surface area contributed by atoms with Crippen molar-refractivity contribution in [2.24, 2.45) is 0 Å². The fourth-order valence-electron chi connectivity index (χ4n) is 2.27. The summed E-state index contributed by atoms with van der Waals surface area (Å²) in [5, 5.41) is 0. The van der Waals surface area contributed by atoms with E-state index < -0.39 is 22.1 Å². The number of sulfonamides is 1. The Hall–Kier alpha value is -2.87. The van der Waals surface area contributed by atoms with Crippen LogP contribution in [-0.4, -0.2) is 45.4 Å². The van der Waals surface area contributed by atoms with Crippen LogP contribution in [0.4, 0.5) is 5.69 Å². The highest BCUT2D eigenvalue weighted by atomic mass is 32.2. The lowest BCUT2D eigenvalue weighted by Crippen LogP contribution is -2.34. The van der Waals surface area contributed by atoms with E-state index in [9.17, 15) is 18.0 Å². The monoisotopic (exact) mass is 390 g/mol. The van der Waals surface area contributed by atoms with Gasteiger partial charge in [0.15, 0.2) is 6.10 Å². The van der Waals surface area contributed by atoms with Gasteiger partial charge in [0, 0.05) is 19.8 Å². The van der Waals surface area contributed by atoms with Gasteiger partial charge in [-0.1, -0.05) is 23.8 Å². The lowest BCUT2D eigenvalue weighted by atomic mass is 10.2. The molecule has 2 rings (SSSR count). The quantitative estimate of drug-likeness (QED) is 0.765. The number of esters is 1. The first-order valence-corrected chi connectivity index (χ1v) is 9.70. The van der Waals surface area contributed by atoms with Crippen LogP contribution in [0.1, 0.15) is 22.8 Å². The van der Waals surface area contributed by atoms with Gasteiger partial charge >= 0.3 is 5.97 Å². The van der Waals surface area contributed by atoms with Crippen molar-refractivity contribution in [1.82, 2.24) is 4.90 Å². The van der Waals surface area contributed by atoms with Crippen molar-refractivity contribution in [2.75, 3.05) is 18.8 Å². The molecule has 0 bridgehead atoms. The summed E-state index contributed by atoms with van der Waals surface area (Å²) in [5.41, 5.74) is 1.46. The molecule has 0 heterocycles. The third-order valence-electron chi connectivity index (χ3n) is 3.76. The van der Waals surface area contributed by atoms with Crippen LogP contribution in [0.5, 0.6) is 0 Å². The number of nitrogens with zero attached hydrogens (tertiary/aromatic N) is 1. The van der Waals surface area contributed by atoms with Crippen LogP contribution in [0.15, 0.2) is 53.4 Å². The van der Waals surface area contributed by atoms with Gasteiger partial charge in [-0.25, -0.2) is 13.2 Å². The van der Waals surface area contributed by atoms with E-state index >= 15 is 0 Å². The van der Waals surface area contributed by atoms with Gasteiger partial charge in [0.1, 0.15) is 0 Å². The molecule has 8 heteroatoms. The maximum absolute atomic E-state index is 12.6. The van der Waals surface area contributed by atoms with Gasteiger partial charge in [-0.3, -0.25) is 9.52 Å². The predicted molar refractivity (Wildman–Crippen MR) is 102 cm³/mol. The molecule has 0 spiro atoms. The van der Waals surface area contributed by atoms with Crippen molar-refractivity contribution in [2.45, 2.75) is 24.8 Å². The third kappa shape index (κ3) is 5.30. The van der Waals surface area contributed by atoms with Gasteiger partial charge in [-0.05, 0) is 44.2 Å². The smallest absolute Gasteiger partial charge is 0.338 e. The first-order valence-electron chi connectivity index (χ1n) is 8.22. The fraction of sp³-hybridized carbons (Fsp3) is 0.263. The molecule has 1 N–H and O–H groups in total. The van der Waals surface area contributed by atoms with E-state index in [0.717, 1.165) is 5.56 Å². The second-order valence-electron chi connectivity index (χ2n) is 6.28. The molecule has 0 aliphatic rings. The number of carbonyl (C=O) groups excluding carboxylic acids is 2. The topological polar surface area (TPSA) is 92.8 Å². The minimum absolute atomic E-state index is 0.0418. The summed E-state index contributed by atoms with van der Waals surface area (Å²) in [6, 6.07) is 12.3. The van der Waals surface area contributed by atoms with E-state index in [1.807, 2.05) is 6.92 Å². The molecule has 27 heavy (non-hydrogen) atoms. The van der Waals surface area contributed by atoms with Gasteiger partial charge < -0.3 is 9.64 Å². The number of rotatable bonds is 6. The van der Waals surface area contributed by atoms with Crippen molar-refractivity contribution in [3.63, 3.8) is 0 Å². The Balaban J connectivity index is 2.19. The van der Waals surface area contributed by atoms with E-state index in [-0.39, 0.29) is 16.4 Å². The van der Waals surface area contributed by atoms with Crippen LogP contribution in [0, 0.1) is 6.92 Å². The maximum Gasteiger partial charge on any atom is 0.338 e. The van der Waals surface area contributed by atoms with E-state index in [0.29, 0.717) is 5.69 Å². The molecule has 0 unspecified atom stereocenters. The average Bonchev–Trinajstić information content (AvgIpc) is 2.62. The highest BCUT2D eigenvalue weighted by Gasteiger charge is 2.22. The molecule has 7 nitrogen and oxygen atoms in total. The predicted octanol–water partition coefficient (Wildman–Crippen LogP) is 2.43. The number of benzene rings is 2. The van der Waals surface area contributed by atoms with Crippen LogP contribution >= 0.6 is 0 Å². The molecule has 0 aliphatic carbocycles. The third-order valence-corrected chi connectivity index (χ3v) is 5.14. The first-order chi connectivity index (χ1) is 12.6. The fourth-order valence-corrected chi connectivity index (χ4v) is 3.37. The molecule has 1 atom stereocenters. The molecular formula is C19H22N2O5S. The molecule has 1 amide bonds. The number of aryl methyl sites for hydroxylation is 1. The standard InChI is InChI=1S/C19H22N2O5S/c1-13-8-10-16(11-9-13)20-27(24,25)17-7-5-6-15(12-17)19(23)26-14(2)18(22)21(3)4/h5-12,14,20H,1-4H3/t14-/m1/s1. The second kappa shape index (κ2) is 8.22. The molecule has 0 saturated carbocycles. The Bertz CT molecular complexity index is 937. The summed E-state index contributed by atoms with van der Waals surface area (Å²) < 4.78 is 32.7. The number of nitrogens with one attached hydrogen (secondary N) is 1. The number of carbonyl (C=O) groups is 2. The van der Waals surface area contributed by atoms with Crippen LogP contribution in [0.3, 0.4) is 0 Å². The number of hydrogen-bond acceptors (Lipinski definition) is 5. The van der Waals surface area contributed by atoms with Crippen LogP contribution in [-0.2, 0) is 19.6 Å². The number of likely N-dealkylation sites (N-methyl/N-ethyl adjacent to an activating group) is 1. The number of anilines is 1. The van der Waals surface area contributed by atoms with Gasteiger partial charge in [-0.2, -0.15) is 0 Å². The molecule has 0 aromatic heterocycles. The highest BCUT2D eigenvalue weighted by molar-refractivity contribution is 7.92. The average molecular weight is 390 g/mol. The summed E-state index contributed by atoms with van der Waals surface area (Å²) in [5.74, 6) is -1.14. The zero-order chi connectivity index (χ0) is 20.2. The van der Waals surface area contributed by atoms with Crippen molar-refractivity contribution in [3.05, 3.63) is 59.7 Å². The number of ether oxygens (including phenoxy) is 1. The van der Waals surface area contributed by atoms with E-state index in [2.05, 4.69) is 4.72 Å². The minimum atomic E-state index is -3.87. The zero-order valence-corrected chi connectivity index (χ0v) is 16.4. The minimum Gasteiger partial charge on any atom is -0.449 e. The Morgan fingerprint density at radius 1 is 1.07 bits per heavy atom. The molecule has 144 valence electrons. The van der Waals surface area contributed by atoms with E-state index in [4.69, 9.17) is 4.74 Å². The van der Waals surface area contributed by atoms with Crippen molar-refractivity contribution >= 4 is 27.6 Å². The first kappa shape index (κ1) is 20.4. The van der Waals surface area contributed by atoms with Crippen LogP contribution < -0.4 is 4.72 Å². The molecule has 2 aromatic carbocycles. The Morgan fingerprint density at radius 3 is 2.30 bits per heavy atom. The summed E-state index contributed by atoms with van der Waals surface area (Å²) in [7, 11) is -0.769.